The Labute approximate surface area is 192 Å². The zero-order valence-electron chi connectivity index (χ0n) is 18.6. The van der Waals surface area contributed by atoms with E-state index in [1.165, 1.54) is 0 Å². The Bertz CT molecular complexity index is 970. The number of hydrogen-bond acceptors (Lipinski definition) is 5. The van der Waals surface area contributed by atoms with Crippen molar-refractivity contribution >= 4 is 11.9 Å². The number of hydrogen-bond donors (Lipinski definition) is 4. The van der Waals surface area contributed by atoms with E-state index >= 15 is 0 Å². The molecule has 4 atom stereocenters. The van der Waals surface area contributed by atoms with Crippen molar-refractivity contribution in [3.8, 4) is 11.4 Å². The van der Waals surface area contributed by atoms with Gasteiger partial charge in [-0.15, -0.1) is 0 Å². The van der Waals surface area contributed by atoms with Crippen molar-refractivity contribution in [1.29, 1.82) is 0 Å². The van der Waals surface area contributed by atoms with Gasteiger partial charge >= 0.3 is 6.03 Å². The largest absolute Gasteiger partial charge is 0.392 e. The molecule has 5 rings (SSSR count). The zero-order valence-corrected chi connectivity index (χ0v) is 18.6. The first kappa shape index (κ1) is 21.9. The number of carbonyl (C=O) groups is 2. The van der Waals surface area contributed by atoms with Crippen LogP contribution in [-0.2, 0) is 9.53 Å². The number of ether oxygens (including phenoxy) is 1. The predicted molar refractivity (Wildman–Crippen MR) is 121 cm³/mol. The molecule has 0 radical (unpaired) electrons. The second-order valence-electron chi connectivity index (χ2n) is 9.20. The highest BCUT2D eigenvalue weighted by Gasteiger charge is 2.49. The number of rotatable bonds is 5. The van der Waals surface area contributed by atoms with Crippen LogP contribution in [0.15, 0.2) is 36.5 Å². The van der Waals surface area contributed by atoms with E-state index in [4.69, 9.17) is 4.74 Å². The second kappa shape index (κ2) is 9.52. The molecule has 33 heavy (non-hydrogen) atoms. The van der Waals surface area contributed by atoms with Gasteiger partial charge in [-0.1, -0.05) is 30.3 Å². The van der Waals surface area contributed by atoms with Crippen LogP contribution < -0.4 is 10.6 Å². The smallest absolute Gasteiger partial charge is 0.315 e. The Kier molecular flexibility index (Phi) is 6.32. The average Bonchev–Trinajstić information content (AvgIpc) is 3.41. The molecule has 2 saturated carbocycles. The average molecular weight is 454 g/mol. The monoisotopic (exact) mass is 453 g/mol. The lowest BCUT2D eigenvalue weighted by Crippen LogP contribution is -2.49. The van der Waals surface area contributed by atoms with Gasteiger partial charge in [-0.25, -0.2) is 9.78 Å². The maximum Gasteiger partial charge on any atom is 0.315 e. The van der Waals surface area contributed by atoms with E-state index in [1.807, 2.05) is 30.3 Å². The van der Waals surface area contributed by atoms with E-state index in [-0.39, 0.29) is 24.0 Å². The number of morpholine rings is 1. The van der Waals surface area contributed by atoms with Gasteiger partial charge in [-0.3, -0.25) is 4.79 Å². The number of urea groups is 1. The Morgan fingerprint density at radius 1 is 1.12 bits per heavy atom. The highest BCUT2D eigenvalue weighted by molar-refractivity contribution is 5.81. The molecular weight excluding hydrogens is 422 g/mol. The van der Waals surface area contributed by atoms with Gasteiger partial charge in [0, 0.05) is 48.5 Å². The summed E-state index contributed by atoms with van der Waals surface area (Å²) in [5, 5.41) is 17.3. The van der Waals surface area contributed by atoms with Gasteiger partial charge in [-0.2, -0.15) is 0 Å². The number of aliphatic hydroxyl groups excluding tert-OH is 1. The van der Waals surface area contributed by atoms with Gasteiger partial charge < -0.3 is 30.4 Å². The molecule has 9 nitrogen and oxygen atoms in total. The van der Waals surface area contributed by atoms with Crippen LogP contribution >= 0.6 is 0 Å². The standard InChI is InChI=1S/C24H31N5O4/c30-21-17(23(31)29-9-11-33-12-10-29)13-18(28-24(32)26-16-7-4-8-16)20(21)19-14-25-22(27-19)15-5-2-1-3-6-15/h1-3,5-6,14,16-18,20-21,30H,4,7-13H2,(H,25,27)(H2,26,28,32)/t17-,18+,20+,21+/m0/s1. The van der Waals surface area contributed by atoms with E-state index in [9.17, 15) is 14.7 Å². The van der Waals surface area contributed by atoms with E-state index < -0.39 is 17.9 Å². The number of benzene rings is 1. The molecule has 3 fully saturated rings. The molecule has 4 N–H and O–H groups in total. The Morgan fingerprint density at radius 3 is 2.58 bits per heavy atom. The highest BCUT2D eigenvalue weighted by atomic mass is 16.5. The van der Waals surface area contributed by atoms with Gasteiger partial charge in [0.2, 0.25) is 5.91 Å². The summed E-state index contributed by atoms with van der Waals surface area (Å²) in [5.41, 5.74) is 1.65. The zero-order chi connectivity index (χ0) is 22.8. The summed E-state index contributed by atoms with van der Waals surface area (Å²) in [6.45, 7) is 2.05. The van der Waals surface area contributed by atoms with Crippen molar-refractivity contribution < 1.29 is 19.4 Å². The summed E-state index contributed by atoms with van der Waals surface area (Å²) in [6, 6.07) is 9.31. The third kappa shape index (κ3) is 4.60. The van der Waals surface area contributed by atoms with Crippen molar-refractivity contribution in [3.63, 3.8) is 0 Å². The van der Waals surface area contributed by atoms with Crippen molar-refractivity contribution in [1.82, 2.24) is 25.5 Å². The number of carbonyl (C=O) groups excluding carboxylic acids is 2. The number of H-pyrrole nitrogens is 1. The first-order valence-corrected chi connectivity index (χ1v) is 11.8. The first-order valence-electron chi connectivity index (χ1n) is 11.8. The molecule has 2 heterocycles. The molecule has 0 bridgehead atoms. The van der Waals surface area contributed by atoms with Crippen LogP contribution in [0.4, 0.5) is 4.79 Å². The van der Waals surface area contributed by atoms with Crippen LogP contribution in [0, 0.1) is 5.92 Å². The number of nitrogens with zero attached hydrogens (tertiary/aromatic N) is 2. The number of aromatic nitrogens is 2. The summed E-state index contributed by atoms with van der Waals surface area (Å²) >= 11 is 0. The van der Waals surface area contributed by atoms with Gasteiger partial charge in [0.05, 0.1) is 25.2 Å². The topological polar surface area (TPSA) is 120 Å². The minimum absolute atomic E-state index is 0.0812. The van der Waals surface area contributed by atoms with Gasteiger partial charge in [0.25, 0.3) is 0 Å². The Balaban J connectivity index is 1.37. The van der Waals surface area contributed by atoms with E-state index in [1.54, 1.807) is 11.1 Å². The van der Waals surface area contributed by atoms with Crippen LogP contribution in [0.3, 0.4) is 0 Å². The summed E-state index contributed by atoms with van der Waals surface area (Å²) in [4.78, 5) is 35.5. The maximum atomic E-state index is 13.2. The lowest BCUT2D eigenvalue weighted by Gasteiger charge is -2.30. The van der Waals surface area contributed by atoms with Crippen LogP contribution in [0.25, 0.3) is 11.4 Å². The van der Waals surface area contributed by atoms with Gasteiger partial charge in [0.1, 0.15) is 5.82 Å². The molecule has 9 heteroatoms. The number of aromatic amines is 1. The summed E-state index contributed by atoms with van der Waals surface area (Å²) in [5.74, 6) is -0.441. The quantitative estimate of drug-likeness (QED) is 0.549. The fourth-order valence-corrected chi connectivity index (χ4v) is 5.06. The summed E-state index contributed by atoms with van der Waals surface area (Å²) in [7, 11) is 0. The number of amides is 3. The van der Waals surface area contributed by atoms with Crippen molar-refractivity contribution in [2.75, 3.05) is 26.3 Å². The molecule has 176 valence electrons. The molecular formula is C24H31N5O4. The van der Waals surface area contributed by atoms with Crippen molar-refractivity contribution in [3.05, 3.63) is 42.2 Å². The second-order valence-corrected chi connectivity index (χ2v) is 9.20. The van der Waals surface area contributed by atoms with Crippen molar-refractivity contribution in [2.24, 2.45) is 5.92 Å². The summed E-state index contributed by atoms with van der Waals surface area (Å²) in [6.07, 6.45) is 4.25. The van der Waals surface area contributed by atoms with Crippen LogP contribution in [0.5, 0.6) is 0 Å². The lowest BCUT2D eigenvalue weighted by molar-refractivity contribution is -0.142. The molecule has 2 aromatic rings. The van der Waals surface area contributed by atoms with Crippen LogP contribution in [0.1, 0.15) is 37.3 Å². The predicted octanol–water partition coefficient (Wildman–Crippen LogP) is 1.62. The molecule has 2 aliphatic carbocycles. The lowest BCUT2D eigenvalue weighted by atomic mass is 9.93. The fourth-order valence-electron chi connectivity index (χ4n) is 5.06. The third-order valence-electron chi connectivity index (χ3n) is 7.12. The fraction of sp³-hybridized carbons (Fsp3) is 0.542. The minimum Gasteiger partial charge on any atom is -0.392 e. The first-order chi connectivity index (χ1) is 16.1. The normalized spacial score (nSPS) is 27.7. The van der Waals surface area contributed by atoms with Crippen LogP contribution in [0.2, 0.25) is 0 Å². The van der Waals surface area contributed by atoms with Gasteiger partial charge in [-0.05, 0) is 25.7 Å². The maximum absolute atomic E-state index is 13.2. The number of aliphatic hydroxyl groups is 1. The van der Waals surface area contributed by atoms with Gasteiger partial charge in [0.15, 0.2) is 0 Å². The van der Waals surface area contributed by atoms with Crippen LogP contribution in [-0.4, -0.2) is 76.4 Å². The Morgan fingerprint density at radius 2 is 1.88 bits per heavy atom. The third-order valence-corrected chi connectivity index (χ3v) is 7.12. The molecule has 1 aromatic heterocycles. The molecule has 1 saturated heterocycles. The molecule has 1 aliphatic heterocycles. The van der Waals surface area contributed by atoms with E-state index in [0.29, 0.717) is 44.2 Å². The SMILES string of the molecule is O=C(NC1CCC1)N[C@@H]1C[C@H](C(=O)N2CCOCC2)[C@@H](O)[C@H]1c1cnc(-c2ccccc2)[nH]1. The molecule has 3 amide bonds. The Hall–Kier alpha value is -2.91. The molecule has 3 aliphatic rings. The molecule has 1 aromatic carbocycles. The minimum atomic E-state index is -0.932. The molecule has 0 unspecified atom stereocenters. The van der Waals surface area contributed by atoms with E-state index in [0.717, 1.165) is 24.8 Å². The highest BCUT2D eigenvalue weighted by Crippen LogP contribution is 2.40. The molecule has 0 spiro atoms. The van der Waals surface area contributed by atoms with Crippen molar-refractivity contribution in [2.45, 2.75) is 49.8 Å². The number of imidazole rings is 1. The number of nitrogens with one attached hydrogen (secondary N) is 3. The summed E-state index contributed by atoms with van der Waals surface area (Å²) < 4.78 is 5.37. The van der Waals surface area contributed by atoms with E-state index in [2.05, 4.69) is 20.6 Å².